The van der Waals surface area contributed by atoms with E-state index >= 15 is 0 Å². The summed E-state index contributed by atoms with van der Waals surface area (Å²) in [6, 6.07) is 1.40. The lowest BCUT2D eigenvalue weighted by molar-refractivity contribution is 0.102. The Bertz CT molecular complexity index is 459. The average Bonchev–Trinajstić information content (AvgIpc) is 2.86. The summed E-state index contributed by atoms with van der Waals surface area (Å²) >= 11 is 1.53. The summed E-state index contributed by atoms with van der Waals surface area (Å²) in [4.78, 5) is 21.4. The Balaban J connectivity index is 1.78. The molecular weight excluding hydrogens is 246 g/mol. The maximum atomic E-state index is 11.3. The van der Waals surface area contributed by atoms with Gasteiger partial charge in [0.2, 0.25) is 0 Å². The second-order valence-corrected chi connectivity index (χ2v) is 6.36. The number of carbonyl (C=O) groups excluding carboxylic acids is 1. The van der Waals surface area contributed by atoms with Gasteiger partial charge in [-0.15, -0.1) is 0 Å². The molecule has 18 heavy (non-hydrogen) atoms. The summed E-state index contributed by atoms with van der Waals surface area (Å²) in [5, 5.41) is 1.01. The smallest absolute Gasteiger partial charge is 0.185 e. The predicted molar refractivity (Wildman–Crippen MR) is 73.5 cm³/mol. The van der Waals surface area contributed by atoms with E-state index in [1.807, 2.05) is 0 Å². The SMILES string of the molecule is CC(=O)c1cnc(N2CCC3CCC(C2)N3C)s1. The fraction of sp³-hybridized carbons (Fsp3) is 0.692. The molecule has 98 valence electrons. The second kappa shape index (κ2) is 4.63. The molecular formula is C13H19N3OS. The van der Waals surface area contributed by atoms with Crippen LogP contribution in [-0.4, -0.2) is 47.9 Å². The molecule has 2 aliphatic heterocycles. The molecule has 4 nitrogen and oxygen atoms in total. The highest BCUT2D eigenvalue weighted by atomic mass is 32.1. The van der Waals surface area contributed by atoms with Crippen LogP contribution in [0.25, 0.3) is 0 Å². The minimum atomic E-state index is 0.118. The molecule has 0 amide bonds. The monoisotopic (exact) mass is 265 g/mol. The van der Waals surface area contributed by atoms with Crippen LogP contribution < -0.4 is 4.90 Å². The van der Waals surface area contributed by atoms with Gasteiger partial charge in [-0.05, 0) is 26.3 Å². The molecule has 0 aromatic carbocycles. The summed E-state index contributed by atoms with van der Waals surface area (Å²) in [6.07, 6.45) is 5.56. The van der Waals surface area contributed by atoms with Gasteiger partial charge in [-0.3, -0.25) is 9.69 Å². The fourth-order valence-corrected chi connectivity index (χ4v) is 3.90. The van der Waals surface area contributed by atoms with Crippen LogP contribution in [0.2, 0.25) is 0 Å². The lowest BCUT2D eigenvalue weighted by Gasteiger charge is -2.25. The minimum Gasteiger partial charge on any atom is -0.346 e. The third-order valence-electron chi connectivity index (χ3n) is 4.26. The predicted octanol–water partition coefficient (Wildman–Crippen LogP) is 2.02. The maximum absolute atomic E-state index is 11.3. The van der Waals surface area contributed by atoms with E-state index in [2.05, 4.69) is 21.8 Å². The highest BCUT2D eigenvalue weighted by Gasteiger charge is 2.35. The Morgan fingerprint density at radius 2 is 2.17 bits per heavy atom. The number of fused-ring (bicyclic) bond motifs is 2. The van der Waals surface area contributed by atoms with Crippen molar-refractivity contribution in [2.24, 2.45) is 0 Å². The van der Waals surface area contributed by atoms with Crippen molar-refractivity contribution >= 4 is 22.3 Å². The van der Waals surface area contributed by atoms with Gasteiger partial charge in [0.25, 0.3) is 0 Å². The van der Waals surface area contributed by atoms with Crippen LogP contribution in [-0.2, 0) is 0 Å². The van der Waals surface area contributed by atoms with Gasteiger partial charge in [0, 0.05) is 32.1 Å². The van der Waals surface area contributed by atoms with E-state index in [-0.39, 0.29) is 5.78 Å². The molecule has 3 heterocycles. The van der Waals surface area contributed by atoms with Gasteiger partial charge in [0.1, 0.15) is 0 Å². The zero-order valence-electron chi connectivity index (χ0n) is 10.9. The summed E-state index contributed by atoms with van der Waals surface area (Å²) < 4.78 is 0. The van der Waals surface area contributed by atoms with E-state index in [0.29, 0.717) is 6.04 Å². The van der Waals surface area contributed by atoms with E-state index in [4.69, 9.17) is 0 Å². The number of hydrogen-bond acceptors (Lipinski definition) is 5. The molecule has 0 spiro atoms. The number of Topliss-reactive ketones (excluding diaryl/α,β-unsaturated/α-hetero) is 1. The molecule has 2 fully saturated rings. The molecule has 3 rings (SSSR count). The topological polar surface area (TPSA) is 36.4 Å². The van der Waals surface area contributed by atoms with Gasteiger partial charge in [-0.2, -0.15) is 0 Å². The number of rotatable bonds is 2. The fourth-order valence-electron chi connectivity index (χ4n) is 3.06. The molecule has 2 unspecified atom stereocenters. The average molecular weight is 265 g/mol. The number of aromatic nitrogens is 1. The van der Waals surface area contributed by atoms with E-state index in [9.17, 15) is 4.79 Å². The first-order valence-corrected chi connectivity index (χ1v) is 7.40. The van der Waals surface area contributed by atoms with Gasteiger partial charge in [-0.25, -0.2) is 4.98 Å². The highest BCUT2D eigenvalue weighted by Crippen LogP contribution is 2.32. The van der Waals surface area contributed by atoms with Gasteiger partial charge < -0.3 is 4.90 Å². The maximum Gasteiger partial charge on any atom is 0.185 e. The standard InChI is InChI=1S/C13H19N3OS/c1-9(17)12-7-14-13(18-12)16-6-5-10-3-4-11(8-16)15(10)2/h7,10-11H,3-6,8H2,1-2H3. The molecule has 2 atom stereocenters. The Morgan fingerprint density at radius 1 is 1.39 bits per heavy atom. The van der Waals surface area contributed by atoms with Crippen molar-refractivity contribution in [3.05, 3.63) is 11.1 Å². The summed E-state index contributed by atoms with van der Waals surface area (Å²) in [6.45, 7) is 3.73. The Hall–Kier alpha value is -0.940. The van der Waals surface area contributed by atoms with Crippen molar-refractivity contribution in [3.63, 3.8) is 0 Å². The van der Waals surface area contributed by atoms with Crippen LogP contribution >= 0.6 is 11.3 Å². The zero-order chi connectivity index (χ0) is 12.7. The lowest BCUT2D eigenvalue weighted by atomic mass is 10.1. The third-order valence-corrected chi connectivity index (χ3v) is 5.42. The zero-order valence-corrected chi connectivity index (χ0v) is 11.7. The first-order valence-electron chi connectivity index (χ1n) is 6.59. The van der Waals surface area contributed by atoms with Gasteiger partial charge in [-0.1, -0.05) is 11.3 Å². The highest BCUT2D eigenvalue weighted by molar-refractivity contribution is 7.17. The Labute approximate surface area is 112 Å². The minimum absolute atomic E-state index is 0.118. The largest absolute Gasteiger partial charge is 0.346 e. The van der Waals surface area contributed by atoms with Gasteiger partial charge >= 0.3 is 0 Å². The number of likely N-dealkylation sites (N-methyl/N-ethyl adjacent to an activating group) is 1. The van der Waals surface area contributed by atoms with Crippen LogP contribution in [0.1, 0.15) is 35.9 Å². The van der Waals surface area contributed by atoms with Crippen LogP contribution in [0.4, 0.5) is 5.13 Å². The summed E-state index contributed by atoms with van der Waals surface area (Å²) in [7, 11) is 2.24. The second-order valence-electron chi connectivity index (χ2n) is 5.35. The molecule has 2 bridgehead atoms. The van der Waals surface area contributed by atoms with E-state index in [1.165, 1.54) is 30.6 Å². The number of ketones is 1. The van der Waals surface area contributed by atoms with Crippen LogP contribution in [0.15, 0.2) is 6.20 Å². The van der Waals surface area contributed by atoms with Gasteiger partial charge in [0.15, 0.2) is 10.9 Å². The molecule has 1 aromatic heterocycles. The van der Waals surface area contributed by atoms with Gasteiger partial charge in [0.05, 0.1) is 11.1 Å². The third kappa shape index (κ3) is 2.06. The van der Waals surface area contributed by atoms with Crippen LogP contribution in [0.3, 0.4) is 0 Å². The number of carbonyl (C=O) groups is 1. The number of thiazole rings is 1. The number of anilines is 1. The van der Waals surface area contributed by atoms with Crippen molar-refractivity contribution < 1.29 is 4.79 Å². The van der Waals surface area contributed by atoms with E-state index in [0.717, 1.165) is 29.1 Å². The first-order chi connectivity index (χ1) is 8.65. The Morgan fingerprint density at radius 3 is 2.89 bits per heavy atom. The molecule has 2 aliphatic rings. The molecule has 5 heteroatoms. The number of hydrogen-bond donors (Lipinski definition) is 0. The molecule has 0 aliphatic carbocycles. The first kappa shape index (κ1) is 12.1. The number of nitrogens with zero attached hydrogens (tertiary/aromatic N) is 3. The molecule has 0 saturated carbocycles. The molecule has 2 saturated heterocycles. The summed E-state index contributed by atoms with van der Waals surface area (Å²) in [5.41, 5.74) is 0. The van der Waals surface area contributed by atoms with Crippen molar-refractivity contribution in [3.8, 4) is 0 Å². The molecule has 0 radical (unpaired) electrons. The molecule has 0 N–H and O–H groups in total. The van der Waals surface area contributed by atoms with Crippen molar-refractivity contribution in [2.75, 3.05) is 25.0 Å². The van der Waals surface area contributed by atoms with Crippen molar-refractivity contribution in [1.29, 1.82) is 0 Å². The lowest BCUT2D eigenvalue weighted by Crippen LogP contribution is -2.36. The van der Waals surface area contributed by atoms with E-state index in [1.54, 1.807) is 13.1 Å². The normalized spacial score (nSPS) is 28.4. The van der Waals surface area contributed by atoms with Crippen molar-refractivity contribution in [1.82, 2.24) is 9.88 Å². The Kier molecular flexibility index (Phi) is 3.11. The van der Waals surface area contributed by atoms with Crippen LogP contribution in [0, 0.1) is 0 Å². The van der Waals surface area contributed by atoms with Crippen LogP contribution in [0.5, 0.6) is 0 Å². The van der Waals surface area contributed by atoms with E-state index < -0.39 is 0 Å². The van der Waals surface area contributed by atoms with Crippen molar-refractivity contribution in [2.45, 2.75) is 38.3 Å². The molecule has 1 aromatic rings. The summed E-state index contributed by atoms with van der Waals surface area (Å²) in [5.74, 6) is 0.118. The quantitative estimate of drug-likeness (QED) is 0.767.